The summed E-state index contributed by atoms with van der Waals surface area (Å²) in [4.78, 5) is 32.3. The van der Waals surface area contributed by atoms with Gasteiger partial charge in [-0.3, -0.25) is 14.9 Å². The number of hydrogen-bond acceptors (Lipinski definition) is 5. The minimum absolute atomic E-state index is 0.00136. The highest BCUT2D eigenvalue weighted by Crippen LogP contribution is 2.30. The van der Waals surface area contributed by atoms with E-state index in [1.165, 1.54) is 11.3 Å². The fraction of sp³-hybridized carbons (Fsp3) is 0.389. The molecule has 8 heteroatoms. The number of thiazole rings is 1. The van der Waals surface area contributed by atoms with Crippen molar-refractivity contribution in [2.75, 3.05) is 18.5 Å². The van der Waals surface area contributed by atoms with Gasteiger partial charge in [0.15, 0.2) is 5.13 Å². The summed E-state index contributed by atoms with van der Waals surface area (Å²) in [6, 6.07) is 7.44. The van der Waals surface area contributed by atoms with Crippen LogP contribution in [0, 0.1) is 0 Å². The van der Waals surface area contributed by atoms with E-state index in [1.807, 2.05) is 29.2 Å². The van der Waals surface area contributed by atoms with Gasteiger partial charge in [0.2, 0.25) is 0 Å². The molecule has 4 rings (SSSR count). The quantitative estimate of drug-likeness (QED) is 0.802. The predicted octanol–water partition coefficient (Wildman–Crippen LogP) is 3.22. The number of nitrogens with zero attached hydrogens (tertiary/aromatic N) is 2. The van der Waals surface area contributed by atoms with E-state index < -0.39 is 0 Å². The van der Waals surface area contributed by atoms with E-state index in [1.54, 1.807) is 0 Å². The van der Waals surface area contributed by atoms with Crippen LogP contribution >= 0.6 is 27.3 Å². The second-order valence-corrected chi connectivity index (χ2v) is 8.27. The zero-order valence-electron chi connectivity index (χ0n) is 14.0. The Morgan fingerprint density at radius 3 is 2.96 bits per heavy atom. The van der Waals surface area contributed by atoms with Gasteiger partial charge in [-0.2, -0.15) is 0 Å². The summed E-state index contributed by atoms with van der Waals surface area (Å²) in [6.45, 7) is 1.78. The molecule has 2 aliphatic rings. The normalized spacial score (nSPS) is 19.3. The monoisotopic (exact) mass is 435 g/mol. The summed E-state index contributed by atoms with van der Waals surface area (Å²) in [6.07, 6.45) is 1.99. The molecule has 1 aromatic heterocycles. The average Bonchev–Trinajstić information content (AvgIpc) is 3.30. The highest BCUT2D eigenvalue weighted by Gasteiger charge is 2.28. The van der Waals surface area contributed by atoms with Gasteiger partial charge >= 0.3 is 0 Å². The number of aromatic nitrogens is 1. The van der Waals surface area contributed by atoms with E-state index in [4.69, 9.17) is 4.74 Å². The molecule has 6 nitrogen and oxygen atoms in total. The smallest absolute Gasteiger partial charge is 0.255 e. The van der Waals surface area contributed by atoms with Crippen molar-refractivity contribution in [2.45, 2.75) is 31.9 Å². The molecule has 0 spiro atoms. The molecule has 0 bridgehead atoms. The van der Waals surface area contributed by atoms with Crippen LogP contribution < -0.4 is 5.32 Å². The predicted molar refractivity (Wildman–Crippen MR) is 102 cm³/mol. The van der Waals surface area contributed by atoms with Crippen LogP contribution in [0.3, 0.4) is 0 Å². The number of amides is 2. The van der Waals surface area contributed by atoms with Gasteiger partial charge in [-0.15, -0.1) is 0 Å². The Balaban J connectivity index is 1.45. The molecule has 3 heterocycles. The van der Waals surface area contributed by atoms with Crippen molar-refractivity contribution >= 4 is 44.2 Å². The van der Waals surface area contributed by atoms with Gasteiger partial charge < -0.3 is 9.64 Å². The number of carbonyl (C=O) groups excluding carboxylic acids is 2. The summed E-state index contributed by atoms with van der Waals surface area (Å²) >= 11 is 4.88. The Morgan fingerprint density at radius 1 is 1.35 bits per heavy atom. The van der Waals surface area contributed by atoms with E-state index in [9.17, 15) is 9.59 Å². The van der Waals surface area contributed by atoms with Gasteiger partial charge in [0.25, 0.3) is 11.8 Å². The molecule has 1 N–H and O–H groups in total. The molecule has 1 unspecified atom stereocenters. The third kappa shape index (κ3) is 3.54. The lowest BCUT2D eigenvalue weighted by Gasteiger charge is -2.26. The molecule has 1 saturated heterocycles. The number of fused-ring (bicyclic) bond motifs is 1. The van der Waals surface area contributed by atoms with Crippen LogP contribution in [-0.2, 0) is 22.5 Å². The second kappa shape index (κ2) is 7.46. The Bertz CT molecular complexity index is 848. The van der Waals surface area contributed by atoms with E-state index in [0.29, 0.717) is 36.8 Å². The SMILES string of the molecule is O=C(Nc1nc2c(s1)CN(C(=O)c1ccccc1Br)CC2)C1CCCO1. The fourth-order valence-corrected chi connectivity index (χ4v) is 4.68. The number of carbonyl (C=O) groups is 2. The number of rotatable bonds is 3. The largest absolute Gasteiger partial charge is 0.368 e. The van der Waals surface area contributed by atoms with Crippen LogP contribution in [0.25, 0.3) is 0 Å². The van der Waals surface area contributed by atoms with Crippen LogP contribution in [0.5, 0.6) is 0 Å². The molecular weight excluding hydrogens is 418 g/mol. The molecular formula is C18H18BrN3O3S. The van der Waals surface area contributed by atoms with Crippen molar-refractivity contribution in [3.05, 3.63) is 44.9 Å². The van der Waals surface area contributed by atoms with Crippen LogP contribution in [0.15, 0.2) is 28.7 Å². The number of hydrogen-bond donors (Lipinski definition) is 1. The average molecular weight is 436 g/mol. The summed E-state index contributed by atoms with van der Waals surface area (Å²) < 4.78 is 6.20. The van der Waals surface area contributed by atoms with Crippen molar-refractivity contribution in [3.8, 4) is 0 Å². The number of nitrogens with one attached hydrogen (secondary N) is 1. The van der Waals surface area contributed by atoms with E-state index in [0.717, 1.165) is 27.9 Å². The maximum absolute atomic E-state index is 12.8. The zero-order valence-corrected chi connectivity index (χ0v) is 16.4. The molecule has 0 radical (unpaired) electrons. The van der Waals surface area contributed by atoms with Crippen molar-refractivity contribution in [2.24, 2.45) is 0 Å². The highest BCUT2D eigenvalue weighted by molar-refractivity contribution is 9.10. The summed E-state index contributed by atoms with van der Waals surface area (Å²) in [7, 11) is 0. The molecule has 0 saturated carbocycles. The maximum atomic E-state index is 12.8. The van der Waals surface area contributed by atoms with Crippen LogP contribution in [0.2, 0.25) is 0 Å². The standard InChI is InChI=1S/C18H18BrN3O3S/c19-12-5-2-1-4-11(12)17(24)22-8-7-13-15(10-22)26-18(20-13)21-16(23)14-6-3-9-25-14/h1-2,4-5,14H,3,6-10H2,(H,20,21,23). The molecule has 1 atom stereocenters. The number of benzene rings is 1. The van der Waals surface area contributed by atoms with Crippen LogP contribution in [0.4, 0.5) is 5.13 Å². The first-order valence-electron chi connectivity index (χ1n) is 8.56. The van der Waals surface area contributed by atoms with Crippen molar-refractivity contribution in [3.63, 3.8) is 0 Å². The topological polar surface area (TPSA) is 71.5 Å². The third-order valence-electron chi connectivity index (χ3n) is 4.57. The number of halogens is 1. The van der Waals surface area contributed by atoms with Gasteiger partial charge in [0, 0.05) is 28.9 Å². The molecule has 2 aliphatic heterocycles. The van der Waals surface area contributed by atoms with E-state index in [-0.39, 0.29) is 17.9 Å². The first-order chi connectivity index (χ1) is 12.6. The lowest BCUT2D eigenvalue weighted by molar-refractivity contribution is -0.124. The molecule has 136 valence electrons. The first-order valence-corrected chi connectivity index (χ1v) is 10.2. The molecule has 0 aliphatic carbocycles. The fourth-order valence-electron chi connectivity index (χ4n) is 3.20. The van der Waals surface area contributed by atoms with Crippen LogP contribution in [-0.4, -0.2) is 41.0 Å². The summed E-state index contributed by atoms with van der Waals surface area (Å²) in [5.41, 5.74) is 1.63. The van der Waals surface area contributed by atoms with Gasteiger partial charge in [-0.1, -0.05) is 23.5 Å². The summed E-state index contributed by atoms with van der Waals surface area (Å²) in [5, 5.41) is 3.45. The van der Waals surface area contributed by atoms with Crippen LogP contribution in [0.1, 0.15) is 33.8 Å². The maximum Gasteiger partial charge on any atom is 0.255 e. The van der Waals surface area contributed by atoms with E-state index >= 15 is 0 Å². The Morgan fingerprint density at radius 2 is 2.19 bits per heavy atom. The third-order valence-corrected chi connectivity index (χ3v) is 6.26. The Kier molecular flexibility index (Phi) is 5.06. The molecule has 26 heavy (non-hydrogen) atoms. The van der Waals surface area contributed by atoms with Gasteiger partial charge in [-0.25, -0.2) is 4.98 Å². The first kappa shape index (κ1) is 17.6. The summed E-state index contributed by atoms with van der Waals surface area (Å²) in [5.74, 6) is -0.129. The number of anilines is 1. The van der Waals surface area contributed by atoms with Crippen molar-refractivity contribution in [1.29, 1.82) is 0 Å². The molecule has 1 fully saturated rings. The van der Waals surface area contributed by atoms with Gasteiger partial charge in [0.1, 0.15) is 6.10 Å². The second-order valence-electron chi connectivity index (χ2n) is 6.34. The van der Waals surface area contributed by atoms with Gasteiger partial charge in [-0.05, 0) is 40.9 Å². The Labute approximate surface area is 163 Å². The minimum atomic E-state index is -0.371. The highest BCUT2D eigenvalue weighted by atomic mass is 79.9. The van der Waals surface area contributed by atoms with Gasteiger partial charge in [0.05, 0.1) is 17.8 Å². The molecule has 2 aromatic rings. The minimum Gasteiger partial charge on any atom is -0.368 e. The number of ether oxygens (including phenoxy) is 1. The molecule has 2 amide bonds. The van der Waals surface area contributed by atoms with Crippen molar-refractivity contribution < 1.29 is 14.3 Å². The van der Waals surface area contributed by atoms with E-state index in [2.05, 4.69) is 26.2 Å². The molecule has 1 aromatic carbocycles. The zero-order chi connectivity index (χ0) is 18.1. The Hall–Kier alpha value is -1.77. The lowest BCUT2D eigenvalue weighted by Crippen LogP contribution is -2.35. The lowest BCUT2D eigenvalue weighted by atomic mass is 10.1. The van der Waals surface area contributed by atoms with Crippen molar-refractivity contribution in [1.82, 2.24) is 9.88 Å².